The molecule has 0 fully saturated rings. The predicted molar refractivity (Wildman–Crippen MR) is 32.0 cm³/mol. The second-order valence-corrected chi connectivity index (χ2v) is 1.41. The van der Waals surface area contributed by atoms with Gasteiger partial charge in [-0.2, -0.15) is 0 Å². The van der Waals surface area contributed by atoms with Gasteiger partial charge in [0.05, 0.1) is 0 Å². The molecule has 10 heavy (non-hydrogen) atoms. The van der Waals surface area contributed by atoms with Crippen LogP contribution in [0.25, 0.3) is 0 Å². The molecule has 0 rings (SSSR count). The van der Waals surface area contributed by atoms with Crippen LogP contribution in [-0.4, -0.2) is 35.0 Å². The Labute approximate surface area is 57.5 Å². The topological polar surface area (TPSA) is 74.6 Å². The van der Waals surface area contributed by atoms with Crippen molar-refractivity contribution in [1.29, 1.82) is 0 Å². The molecule has 0 aliphatic carbocycles. The Morgan fingerprint density at radius 3 is 1.50 bits per heavy atom. The number of hydrogen-bond donors (Lipinski definition) is 2. The highest BCUT2D eigenvalue weighted by molar-refractivity contribution is 6.05. The number of carbonyl (C=O) groups excluding carboxylic acids is 2. The molecule has 54 valence electrons. The van der Waals surface area contributed by atoms with Crippen LogP contribution in [0, 0.1) is 11.8 Å². The largest absolute Gasteiger partial charge is 0.387 e. The quantitative estimate of drug-likeness (QED) is 0.349. The van der Waals surface area contributed by atoms with Crippen molar-refractivity contribution < 1.29 is 19.8 Å². The first-order valence-electron chi connectivity index (χ1n) is 2.50. The zero-order valence-electron chi connectivity index (χ0n) is 5.13. The SMILES string of the molecule is O=C(C#CC(=O)CO)CO. The Morgan fingerprint density at radius 2 is 1.30 bits per heavy atom. The smallest absolute Gasteiger partial charge is 0.231 e. The molecule has 0 saturated heterocycles. The fraction of sp³-hybridized carbons (Fsp3) is 0.333. The number of rotatable bonds is 2. The summed E-state index contributed by atoms with van der Waals surface area (Å²) in [7, 11) is 0. The van der Waals surface area contributed by atoms with Crippen LogP contribution >= 0.6 is 0 Å². The molecular formula is C6H6O4. The van der Waals surface area contributed by atoms with Gasteiger partial charge in [0.1, 0.15) is 13.2 Å². The van der Waals surface area contributed by atoms with E-state index in [0.717, 1.165) is 0 Å². The third-order valence-corrected chi connectivity index (χ3v) is 0.629. The molecular weight excluding hydrogens is 136 g/mol. The maximum absolute atomic E-state index is 10.2. The molecule has 0 aromatic heterocycles. The minimum absolute atomic E-state index is 0.703. The highest BCUT2D eigenvalue weighted by Crippen LogP contribution is 1.67. The standard InChI is InChI=1S/C6H6O4/c7-3-5(9)1-2-6(10)4-8/h7-8H,3-4H2. The third-order valence-electron chi connectivity index (χ3n) is 0.629. The molecule has 2 N–H and O–H groups in total. The van der Waals surface area contributed by atoms with Crippen LogP contribution in [0.1, 0.15) is 0 Å². The van der Waals surface area contributed by atoms with Gasteiger partial charge in [-0.3, -0.25) is 9.59 Å². The number of aliphatic hydroxyl groups is 2. The van der Waals surface area contributed by atoms with Gasteiger partial charge in [0.15, 0.2) is 0 Å². The normalized spacial score (nSPS) is 7.80. The van der Waals surface area contributed by atoms with Crippen molar-refractivity contribution in [3.8, 4) is 11.8 Å². The lowest BCUT2D eigenvalue weighted by atomic mass is 10.3. The van der Waals surface area contributed by atoms with Gasteiger partial charge in [-0.15, -0.1) is 0 Å². The monoisotopic (exact) mass is 142 g/mol. The van der Waals surface area contributed by atoms with Crippen molar-refractivity contribution in [1.82, 2.24) is 0 Å². The summed E-state index contributed by atoms with van der Waals surface area (Å²) in [6, 6.07) is 0. The average Bonchev–Trinajstić information content (AvgIpc) is 1.99. The van der Waals surface area contributed by atoms with Gasteiger partial charge in [-0.05, 0) is 11.8 Å². The van der Waals surface area contributed by atoms with Crippen molar-refractivity contribution in [2.45, 2.75) is 0 Å². The summed E-state index contributed by atoms with van der Waals surface area (Å²) < 4.78 is 0. The van der Waals surface area contributed by atoms with Gasteiger partial charge in [0, 0.05) is 0 Å². The van der Waals surface area contributed by atoms with Gasteiger partial charge in [0.2, 0.25) is 11.6 Å². The second kappa shape index (κ2) is 4.68. The lowest BCUT2D eigenvalue weighted by Gasteiger charge is -1.78. The van der Waals surface area contributed by atoms with Crippen LogP contribution in [0.5, 0.6) is 0 Å². The number of ketones is 2. The van der Waals surface area contributed by atoms with E-state index in [2.05, 4.69) is 0 Å². The van der Waals surface area contributed by atoms with Crippen LogP contribution in [0.4, 0.5) is 0 Å². The first kappa shape index (κ1) is 8.82. The maximum Gasteiger partial charge on any atom is 0.231 e. The molecule has 4 heteroatoms. The fourth-order valence-corrected chi connectivity index (χ4v) is 0.218. The number of aliphatic hydroxyl groups excluding tert-OH is 2. The average molecular weight is 142 g/mol. The molecule has 0 unspecified atom stereocenters. The number of Topliss-reactive ketones (excluding diaryl/α,β-unsaturated/α-hetero) is 2. The van der Waals surface area contributed by atoms with Crippen molar-refractivity contribution in [3.05, 3.63) is 0 Å². The summed E-state index contributed by atoms with van der Waals surface area (Å²) in [5.74, 6) is 2.20. The Hall–Kier alpha value is -1.18. The third kappa shape index (κ3) is 3.78. The van der Waals surface area contributed by atoms with Gasteiger partial charge in [-0.1, -0.05) is 0 Å². The molecule has 0 aliphatic heterocycles. The Balaban J connectivity index is 3.91. The van der Waals surface area contributed by atoms with Crippen LogP contribution < -0.4 is 0 Å². The van der Waals surface area contributed by atoms with Gasteiger partial charge in [-0.25, -0.2) is 0 Å². The molecule has 0 aliphatic rings. The van der Waals surface area contributed by atoms with E-state index >= 15 is 0 Å². The minimum atomic E-state index is -0.734. The van der Waals surface area contributed by atoms with Gasteiger partial charge >= 0.3 is 0 Å². The number of hydrogen-bond acceptors (Lipinski definition) is 4. The summed E-state index contributed by atoms with van der Waals surface area (Å²) in [6.07, 6.45) is 0. The maximum atomic E-state index is 10.2. The lowest BCUT2D eigenvalue weighted by molar-refractivity contribution is -0.117. The predicted octanol–water partition coefficient (Wildman–Crippen LogP) is -1.89. The zero-order valence-corrected chi connectivity index (χ0v) is 5.13. The van der Waals surface area contributed by atoms with Gasteiger partial charge < -0.3 is 10.2 Å². The van der Waals surface area contributed by atoms with E-state index in [1.165, 1.54) is 0 Å². The first-order chi connectivity index (χ1) is 4.70. The van der Waals surface area contributed by atoms with E-state index in [1.807, 2.05) is 11.8 Å². The summed E-state index contributed by atoms with van der Waals surface area (Å²) in [4.78, 5) is 20.3. The summed E-state index contributed by atoms with van der Waals surface area (Å²) in [5.41, 5.74) is 0. The molecule has 0 bridgehead atoms. The van der Waals surface area contributed by atoms with Crippen molar-refractivity contribution in [3.63, 3.8) is 0 Å². The Kier molecular flexibility index (Phi) is 4.12. The van der Waals surface area contributed by atoms with Crippen LogP contribution in [0.2, 0.25) is 0 Å². The van der Waals surface area contributed by atoms with E-state index in [-0.39, 0.29) is 0 Å². The minimum Gasteiger partial charge on any atom is -0.387 e. The van der Waals surface area contributed by atoms with E-state index in [9.17, 15) is 9.59 Å². The summed E-state index contributed by atoms with van der Waals surface area (Å²) in [6.45, 7) is -1.41. The van der Waals surface area contributed by atoms with Crippen LogP contribution in [0.15, 0.2) is 0 Å². The zero-order chi connectivity index (χ0) is 7.98. The fourth-order valence-electron chi connectivity index (χ4n) is 0.218. The first-order valence-corrected chi connectivity index (χ1v) is 2.50. The van der Waals surface area contributed by atoms with E-state index < -0.39 is 24.8 Å². The van der Waals surface area contributed by atoms with E-state index in [1.54, 1.807) is 0 Å². The molecule has 0 radical (unpaired) electrons. The molecule has 0 saturated carbocycles. The van der Waals surface area contributed by atoms with E-state index in [0.29, 0.717) is 0 Å². The molecule has 0 spiro atoms. The van der Waals surface area contributed by atoms with Crippen molar-refractivity contribution in [2.24, 2.45) is 0 Å². The Bertz CT molecular complexity index is 176. The molecule has 4 nitrogen and oxygen atoms in total. The second-order valence-electron chi connectivity index (χ2n) is 1.41. The molecule has 0 atom stereocenters. The lowest BCUT2D eigenvalue weighted by Crippen LogP contribution is -2.03. The van der Waals surface area contributed by atoms with Gasteiger partial charge in [0.25, 0.3) is 0 Å². The number of carbonyl (C=O) groups is 2. The molecule has 0 amide bonds. The molecule has 0 aromatic carbocycles. The summed E-state index contributed by atoms with van der Waals surface area (Å²) >= 11 is 0. The van der Waals surface area contributed by atoms with Crippen LogP contribution in [0.3, 0.4) is 0 Å². The van der Waals surface area contributed by atoms with Crippen LogP contribution in [-0.2, 0) is 9.59 Å². The van der Waals surface area contributed by atoms with E-state index in [4.69, 9.17) is 10.2 Å². The highest BCUT2D eigenvalue weighted by Gasteiger charge is 1.93. The van der Waals surface area contributed by atoms with Crippen molar-refractivity contribution >= 4 is 11.6 Å². The summed E-state index contributed by atoms with van der Waals surface area (Å²) in [5, 5.41) is 16.2. The highest BCUT2D eigenvalue weighted by atomic mass is 16.3. The molecule has 0 aromatic rings. The van der Waals surface area contributed by atoms with Crippen molar-refractivity contribution in [2.75, 3.05) is 13.2 Å². The Morgan fingerprint density at radius 1 is 1.00 bits per heavy atom. The molecule has 0 heterocycles.